The summed E-state index contributed by atoms with van der Waals surface area (Å²) in [5.41, 5.74) is -0.465. The molecule has 2 atom stereocenters. The third kappa shape index (κ3) is 4.67. The number of carbonyl (C=O) groups is 2. The van der Waals surface area contributed by atoms with E-state index in [0.29, 0.717) is 18.3 Å². The molecule has 0 spiro atoms. The van der Waals surface area contributed by atoms with E-state index in [4.69, 9.17) is 5.11 Å². The first-order valence-electron chi connectivity index (χ1n) is 6.69. The number of piperidine rings is 1. The molecule has 104 valence electrons. The Morgan fingerprint density at radius 2 is 1.67 bits per heavy atom. The molecule has 1 heterocycles. The SMILES string of the molecule is C[C@@H]1C[C@H](C)CN(C(=O)CC(C)(C)CC(=O)O)C1. The van der Waals surface area contributed by atoms with E-state index in [0.717, 1.165) is 13.1 Å². The van der Waals surface area contributed by atoms with Gasteiger partial charge in [-0.1, -0.05) is 27.7 Å². The Hall–Kier alpha value is -1.06. The fourth-order valence-corrected chi connectivity index (χ4v) is 2.86. The summed E-state index contributed by atoms with van der Waals surface area (Å²) in [4.78, 5) is 24.9. The van der Waals surface area contributed by atoms with Gasteiger partial charge in [-0.05, 0) is 23.7 Å². The Balaban J connectivity index is 2.56. The van der Waals surface area contributed by atoms with Crippen LogP contribution >= 0.6 is 0 Å². The van der Waals surface area contributed by atoms with Crippen LogP contribution in [0.1, 0.15) is 47.0 Å². The second kappa shape index (κ2) is 5.72. The lowest BCUT2D eigenvalue weighted by molar-refractivity contribution is -0.141. The predicted molar refractivity (Wildman–Crippen MR) is 70.2 cm³/mol. The highest BCUT2D eigenvalue weighted by atomic mass is 16.4. The molecule has 1 rings (SSSR count). The van der Waals surface area contributed by atoms with Crippen molar-refractivity contribution in [2.75, 3.05) is 13.1 Å². The molecule has 18 heavy (non-hydrogen) atoms. The lowest BCUT2D eigenvalue weighted by atomic mass is 9.84. The van der Waals surface area contributed by atoms with Crippen molar-refractivity contribution in [2.24, 2.45) is 17.3 Å². The van der Waals surface area contributed by atoms with Crippen molar-refractivity contribution >= 4 is 11.9 Å². The summed E-state index contributed by atoms with van der Waals surface area (Å²) in [6.45, 7) is 9.64. The van der Waals surface area contributed by atoms with E-state index in [1.165, 1.54) is 6.42 Å². The van der Waals surface area contributed by atoms with Gasteiger partial charge in [-0.2, -0.15) is 0 Å². The highest BCUT2D eigenvalue weighted by Gasteiger charge is 2.30. The normalized spacial score (nSPS) is 25.0. The zero-order valence-corrected chi connectivity index (χ0v) is 11.9. The summed E-state index contributed by atoms with van der Waals surface area (Å²) >= 11 is 0. The molecule has 1 saturated heterocycles. The molecule has 1 fully saturated rings. The van der Waals surface area contributed by atoms with Gasteiger partial charge in [0.2, 0.25) is 5.91 Å². The van der Waals surface area contributed by atoms with Crippen molar-refractivity contribution in [1.82, 2.24) is 4.90 Å². The third-order valence-electron chi connectivity index (χ3n) is 3.48. The van der Waals surface area contributed by atoms with Crippen LogP contribution in [0.4, 0.5) is 0 Å². The number of carbonyl (C=O) groups excluding carboxylic acids is 1. The number of carboxylic acid groups (broad SMARTS) is 1. The lowest BCUT2D eigenvalue weighted by Crippen LogP contribution is -2.44. The Morgan fingerprint density at radius 1 is 1.17 bits per heavy atom. The van der Waals surface area contributed by atoms with E-state index in [9.17, 15) is 9.59 Å². The number of carboxylic acids is 1. The van der Waals surface area contributed by atoms with Gasteiger partial charge in [0.1, 0.15) is 0 Å². The van der Waals surface area contributed by atoms with Crippen LogP contribution in [-0.4, -0.2) is 35.0 Å². The van der Waals surface area contributed by atoms with Gasteiger partial charge in [0.25, 0.3) is 0 Å². The largest absolute Gasteiger partial charge is 0.481 e. The summed E-state index contributed by atoms with van der Waals surface area (Å²) in [6.07, 6.45) is 1.53. The molecule has 0 bridgehead atoms. The van der Waals surface area contributed by atoms with E-state index in [1.54, 1.807) is 0 Å². The van der Waals surface area contributed by atoms with Crippen molar-refractivity contribution in [3.05, 3.63) is 0 Å². The first-order valence-corrected chi connectivity index (χ1v) is 6.69. The summed E-state index contributed by atoms with van der Waals surface area (Å²) < 4.78 is 0. The molecule has 1 amide bonds. The molecule has 0 aromatic carbocycles. The quantitative estimate of drug-likeness (QED) is 0.839. The maximum atomic E-state index is 12.2. The third-order valence-corrected chi connectivity index (χ3v) is 3.48. The van der Waals surface area contributed by atoms with E-state index >= 15 is 0 Å². The zero-order chi connectivity index (χ0) is 13.9. The molecule has 0 aromatic heterocycles. The molecule has 1 aliphatic rings. The minimum atomic E-state index is -0.840. The van der Waals surface area contributed by atoms with Gasteiger partial charge in [0, 0.05) is 19.5 Å². The van der Waals surface area contributed by atoms with E-state index in [2.05, 4.69) is 13.8 Å². The topological polar surface area (TPSA) is 57.6 Å². The Morgan fingerprint density at radius 3 is 2.11 bits per heavy atom. The molecule has 4 heteroatoms. The molecular weight excluding hydrogens is 230 g/mol. The Bertz CT molecular complexity index is 315. The van der Waals surface area contributed by atoms with Crippen molar-refractivity contribution < 1.29 is 14.7 Å². The van der Waals surface area contributed by atoms with E-state index in [1.807, 2.05) is 18.7 Å². The first-order chi connectivity index (χ1) is 8.19. The van der Waals surface area contributed by atoms with Crippen molar-refractivity contribution in [3.8, 4) is 0 Å². The monoisotopic (exact) mass is 255 g/mol. The van der Waals surface area contributed by atoms with Gasteiger partial charge >= 0.3 is 5.97 Å². The number of hydrogen-bond acceptors (Lipinski definition) is 2. The molecule has 0 radical (unpaired) electrons. The van der Waals surface area contributed by atoms with Crippen LogP contribution in [0.2, 0.25) is 0 Å². The van der Waals surface area contributed by atoms with Crippen LogP contribution in [0, 0.1) is 17.3 Å². The standard InChI is InChI=1S/C14H25NO3/c1-10-5-11(2)9-15(8-10)12(16)6-14(3,4)7-13(17)18/h10-11H,5-9H2,1-4H3,(H,17,18)/t10-,11+. The minimum absolute atomic E-state index is 0.0394. The molecule has 4 nitrogen and oxygen atoms in total. The summed E-state index contributed by atoms with van der Waals surface area (Å²) in [7, 11) is 0. The van der Waals surface area contributed by atoms with Gasteiger partial charge in [-0.25, -0.2) is 0 Å². The molecule has 0 saturated carbocycles. The molecule has 1 aliphatic heterocycles. The number of aliphatic carboxylic acids is 1. The Labute approximate surface area is 109 Å². The van der Waals surface area contributed by atoms with E-state index in [-0.39, 0.29) is 12.3 Å². The minimum Gasteiger partial charge on any atom is -0.481 e. The van der Waals surface area contributed by atoms with Crippen molar-refractivity contribution in [1.29, 1.82) is 0 Å². The van der Waals surface area contributed by atoms with Gasteiger partial charge < -0.3 is 10.0 Å². The van der Waals surface area contributed by atoms with Crippen molar-refractivity contribution in [3.63, 3.8) is 0 Å². The van der Waals surface area contributed by atoms with Gasteiger partial charge in [0.15, 0.2) is 0 Å². The van der Waals surface area contributed by atoms with Crippen LogP contribution in [0.15, 0.2) is 0 Å². The number of rotatable bonds is 4. The van der Waals surface area contributed by atoms with Crippen LogP contribution in [0.25, 0.3) is 0 Å². The fourth-order valence-electron chi connectivity index (χ4n) is 2.86. The molecule has 0 aliphatic carbocycles. The Kier molecular flexibility index (Phi) is 4.77. The number of amides is 1. The van der Waals surface area contributed by atoms with Gasteiger partial charge in [0.05, 0.1) is 6.42 Å². The van der Waals surface area contributed by atoms with Crippen LogP contribution < -0.4 is 0 Å². The average molecular weight is 255 g/mol. The predicted octanol–water partition coefficient (Wildman–Crippen LogP) is 2.38. The second-order valence-corrected chi connectivity index (χ2v) is 6.66. The maximum Gasteiger partial charge on any atom is 0.303 e. The zero-order valence-electron chi connectivity index (χ0n) is 11.9. The average Bonchev–Trinajstić information content (AvgIpc) is 2.12. The number of likely N-dealkylation sites (tertiary alicyclic amines) is 1. The molecular formula is C14H25NO3. The summed E-state index contributed by atoms with van der Waals surface area (Å²) in [6, 6.07) is 0. The molecule has 0 aromatic rings. The summed E-state index contributed by atoms with van der Waals surface area (Å²) in [5.74, 6) is 0.341. The molecule has 1 N–H and O–H groups in total. The van der Waals surface area contributed by atoms with Crippen LogP contribution in [-0.2, 0) is 9.59 Å². The first kappa shape index (κ1) is 15.0. The number of nitrogens with zero attached hydrogens (tertiary/aromatic N) is 1. The van der Waals surface area contributed by atoms with Gasteiger partial charge in [-0.3, -0.25) is 9.59 Å². The van der Waals surface area contributed by atoms with Crippen LogP contribution in [0.5, 0.6) is 0 Å². The summed E-state index contributed by atoms with van der Waals surface area (Å²) in [5, 5.41) is 8.83. The van der Waals surface area contributed by atoms with Gasteiger partial charge in [-0.15, -0.1) is 0 Å². The lowest BCUT2D eigenvalue weighted by Gasteiger charge is -2.36. The fraction of sp³-hybridized carbons (Fsp3) is 0.857. The molecule has 0 unspecified atom stereocenters. The van der Waals surface area contributed by atoms with Crippen molar-refractivity contribution in [2.45, 2.75) is 47.0 Å². The highest BCUT2D eigenvalue weighted by Crippen LogP contribution is 2.28. The second-order valence-electron chi connectivity index (χ2n) is 6.66. The maximum absolute atomic E-state index is 12.2. The number of hydrogen-bond donors (Lipinski definition) is 1. The highest BCUT2D eigenvalue weighted by molar-refractivity contribution is 5.78. The van der Waals surface area contributed by atoms with Crippen LogP contribution in [0.3, 0.4) is 0 Å². The smallest absolute Gasteiger partial charge is 0.303 e. The van der Waals surface area contributed by atoms with E-state index < -0.39 is 11.4 Å².